The average molecular weight is 251 g/mol. The Kier molecular flexibility index (Phi) is 10.4. The fourth-order valence-electron chi connectivity index (χ4n) is 1.62. The van der Waals surface area contributed by atoms with Gasteiger partial charge in [0, 0.05) is 6.42 Å². The first-order valence-corrected chi connectivity index (χ1v) is 10.7. The minimum atomic E-state index is -1.15. The number of allylic oxidation sites excluding steroid dienone is 2. The van der Waals surface area contributed by atoms with Crippen molar-refractivity contribution in [1.29, 1.82) is 0 Å². The second-order valence-electron chi connectivity index (χ2n) is 5.78. The van der Waals surface area contributed by atoms with E-state index in [0.717, 1.165) is 6.42 Å². The minimum Gasteiger partial charge on any atom is -0.132 e. The molecule has 0 nitrogen and oxygen atoms in total. The molecule has 0 atom stereocenters. The molecular formula is C16H30Si. The first-order valence-electron chi connectivity index (χ1n) is 7.21. The summed E-state index contributed by atoms with van der Waals surface area (Å²) in [7, 11) is -1.15. The van der Waals surface area contributed by atoms with Gasteiger partial charge in [-0.25, -0.2) is 0 Å². The third-order valence-corrected chi connectivity index (χ3v) is 3.50. The Balaban J connectivity index is 3.34. The molecule has 0 aliphatic rings. The smallest absolute Gasteiger partial charge is 0.129 e. The molecule has 0 aromatic heterocycles. The van der Waals surface area contributed by atoms with Gasteiger partial charge in [-0.15, -0.1) is 11.5 Å². The van der Waals surface area contributed by atoms with Crippen LogP contribution >= 0.6 is 0 Å². The van der Waals surface area contributed by atoms with Crippen molar-refractivity contribution >= 4 is 8.07 Å². The summed E-state index contributed by atoms with van der Waals surface area (Å²) in [5.41, 5.74) is 3.38. The largest absolute Gasteiger partial charge is 0.132 e. The number of rotatable bonds is 8. The van der Waals surface area contributed by atoms with Crippen LogP contribution in [0.15, 0.2) is 12.2 Å². The normalized spacial score (nSPS) is 11.5. The van der Waals surface area contributed by atoms with E-state index in [1.165, 1.54) is 44.9 Å². The van der Waals surface area contributed by atoms with Crippen LogP contribution in [0, 0.1) is 11.5 Å². The molecule has 0 aromatic rings. The maximum atomic E-state index is 3.38. The van der Waals surface area contributed by atoms with Crippen molar-refractivity contribution in [2.24, 2.45) is 0 Å². The van der Waals surface area contributed by atoms with E-state index < -0.39 is 8.07 Å². The number of unbranched alkanes of at least 4 members (excludes halogenated alkanes) is 6. The topological polar surface area (TPSA) is 0 Å². The average Bonchev–Trinajstić information content (AvgIpc) is 2.24. The van der Waals surface area contributed by atoms with Crippen molar-refractivity contribution in [3.05, 3.63) is 12.2 Å². The van der Waals surface area contributed by atoms with Gasteiger partial charge in [0.05, 0.1) is 0 Å². The third-order valence-electron chi connectivity index (χ3n) is 2.57. The molecular weight excluding hydrogens is 220 g/mol. The van der Waals surface area contributed by atoms with E-state index in [2.05, 4.69) is 50.2 Å². The summed E-state index contributed by atoms with van der Waals surface area (Å²) >= 11 is 0. The van der Waals surface area contributed by atoms with Crippen LogP contribution in [0.4, 0.5) is 0 Å². The summed E-state index contributed by atoms with van der Waals surface area (Å²) in [6.07, 6.45) is 15.0. The molecule has 1 heteroatoms. The fraction of sp³-hybridized carbons (Fsp3) is 0.750. The molecule has 0 radical (unpaired) electrons. The van der Waals surface area contributed by atoms with Crippen LogP contribution in [0.25, 0.3) is 0 Å². The van der Waals surface area contributed by atoms with Crippen molar-refractivity contribution in [3.8, 4) is 11.5 Å². The van der Waals surface area contributed by atoms with Gasteiger partial charge in [-0.05, 0) is 12.8 Å². The lowest BCUT2D eigenvalue weighted by molar-refractivity contribution is 0.611. The summed E-state index contributed by atoms with van der Waals surface area (Å²) in [5.74, 6) is 3.27. The van der Waals surface area contributed by atoms with E-state index in [0.29, 0.717) is 0 Å². The molecule has 0 amide bonds. The van der Waals surface area contributed by atoms with E-state index in [-0.39, 0.29) is 0 Å². The molecule has 0 saturated heterocycles. The maximum absolute atomic E-state index is 3.38. The highest BCUT2D eigenvalue weighted by atomic mass is 28.3. The highest BCUT2D eigenvalue weighted by Gasteiger charge is 2.06. The molecule has 0 rings (SSSR count). The first kappa shape index (κ1) is 16.5. The standard InChI is InChI=1S/C16H30Si/c1-5-6-7-8-9-10-11-12-13-14-15-16-17(2,3)4/h12-13H,5-11,14H2,1-4H3/b13-12+. The van der Waals surface area contributed by atoms with Crippen molar-refractivity contribution in [1.82, 2.24) is 0 Å². The Labute approximate surface area is 110 Å². The molecule has 0 aromatic carbocycles. The Hall–Kier alpha value is -0.483. The van der Waals surface area contributed by atoms with Gasteiger partial charge in [0.2, 0.25) is 0 Å². The lowest BCUT2D eigenvalue weighted by Gasteiger charge is -2.02. The van der Waals surface area contributed by atoms with E-state index in [1.807, 2.05) is 0 Å². The maximum Gasteiger partial charge on any atom is 0.129 e. The van der Waals surface area contributed by atoms with Crippen LogP contribution < -0.4 is 0 Å². The zero-order chi connectivity index (χ0) is 13.0. The fourth-order valence-corrected chi connectivity index (χ4v) is 2.25. The van der Waals surface area contributed by atoms with Crippen LogP contribution in [0.3, 0.4) is 0 Å². The van der Waals surface area contributed by atoms with Gasteiger partial charge in [0.15, 0.2) is 0 Å². The highest BCUT2D eigenvalue weighted by Crippen LogP contribution is 2.07. The number of hydrogen-bond acceptors (Lipinski definition) is 0. The zero-order valence-electron chi connectivity index (χ0n) is 12.3. The Morgan fingerprint density at radius 1 is 0.882 bits per heavy atom. The van der Waals surface area contributed by atoms with E-state index in [1.54, 1.807) is 0 Å². The van der Waals surface area contributed by atoms with Gasteiger partial charge in [-0.2, -0.15) is 0 Å². The summed E-state index contributed by atoms with van der Waals surface area (Å²) < 4.78 is 0. The molecule has 0 spiro atoms. The predicted octanol–water partition coefficient (Wildman–Crippen LogP) is 5.56. The van der Waals surface area contributed by atoms with Crippen molar-refractivity contribution in [3.63, 3.8) is 0 Å². The highest BCUT2D eigenvalue weighted by molar-refractivity contribution is 6.83. The quantitative estimate of drug-likeness (QED) is 0.229. The van der Waals surface area contributed by atoms with Crippen LogP contribution in [0.2, 0.25) is 19.6 Å². The Morgan fingerprint density at radius 2 is 1.53 bits per heavy atom. The molecule has 0 N–H and O–H groups in total. The summed E-state index contributed by atoms with van der Waals surface area (Å²) in [5, 5.41) is 0. The van der Waals surface area contributed by atoms with Crippen molar-refractivity contribution < 1.29 is 0 Å². The second kappa shape index (κ2) is 10.7. The summed E-state index contributed by atoms with van der Waals surface area (Å²) in [6, 6.07) is 0. The molecule has 0 fully saturated rings. The zero-order valence-corrected chi connectivity index (χ0v) is 13.3. The summed E-state index contributed by atoms with van der Waals surface area (Å²) in [6.45, 7) is 9.14. The van der Waals surface area contributed by atoms with E-state index >= 15 is 0 Å². The third kappa shape index (κ3) is 15.5. The second-order valence-corrected chi connectivity index (χ2v) is 10.5. The number of hydrogen-bond donors (Lipinski definition) is 0. The van der Waals surface area contributed by atoms with Crippen molar-refractivity contribution in [2.75, 3.05) is 0 Å². The van der Waals surface area contributed by atoms with Gasteiger partial charge >= 0.3 is 0 Å². The molecule has 0 aliphatic heterocycles. The monoisotopic (exact) mass is 250 g/mol. The van der Waals surface area contributed by atoms with Crippen molar-refractivity contribution in [2.45, 2.75) is 77.9 Å². The lowest BCUT2D eigenvalue weighted by Crippen LogP contribution is -2.16. The molecule has 0 saturated carbocycles. The van der Waals surface area contributed by atoms with Gasteiger partial charge in [-0.3, -0.25) is 0 Å². The van der Waals surface area contributed by atoms with Crippen LogP contribution in [0.5, 0.6) is 0 Å². The van der Waals surface area contributed by atoms with Crippen LogP contribution in [-0.4, -0.2) is 8.07 Å². The molecule has 98 valence electrons. The summed E-state index contributed by atoms with van der Waals surface area (Å²) in [4.78, 5) is 0. The minimum absolute atomic E-state index is 0.945. The molecule has 0 aliphatic carbocycles. The SMILES string of the molecule is CCCCCCCC/C=C/CC#C[Si](C)(C)C. The Bertz CT molecular complexity index is 247. The van der Waals surface area contributed by atoms with Gasteiger partial charge in [0.1, 0.15) is 8.07 Å². The van der Waals surface area contributed by atoms with Crippen LogP contribution in [-0.2, 0) is 0 Å². The molecule has 17 heavy (non-hydrogen) atoms. The lowest BCUT2D eigenvalue weighted by atomic mass is 10.1. The molecule has 0 heterocycles. The van der Waals surface area contributed by atoms with Crippen LogP contribution in [0.1, 0.15) is 58.3 Å². The molecule has 0 unspecified atom stereocenters. The van der Waals surface area contributed by atoms with E-state index in [4.69, 9.17) is 0 Å². The predicted molar refractivity (Wildman–Crippen MR) is 82.9 cm³/mol. The van der Waals surface area contributed by atoms with Gasteiger partial charge < -0.3 is 0 Å². The molecule has 0 bridgehead atoms. The van der Waals surface area contributed by atoms with Gasteiger partial charge in [-0.1, -0.05) is 70.8 Å². The Morgan fingerprint density at radius 3 is 2.18 bits per heavy atom. The van der Waals surface area contributed by atoms with Gasteiger partial charge in [0.25, 0.3) is 0 Å². The van der Waals surface area contributed by atoms with E-state index in [9.17, 15) is 0 Å². The first-order chi connectivity index (χ1) is 8.06.